The van der Waals surface area contributed by atoms with Crippen LogP contribution >= 0.6 is 11.6 Å². The van der Waals surface area contributed by atoms with Gasteiger partial charge in [0, 0.05) is 31.0 Å². The van der Waals surface area contributed by atoms with E-state index in [1.165, 1.54) is 12.3 Å². The Morgan fingerprint density at radius 3 is 2.55 bits per heavy atom. The molecule has 0 spiro atoms. The van der Waals surface area contributed by atoms with Crippen molar-refractivity contribution in [2.75, 3.05) is 24.1 Å². The van der Waals surface area contributed by atoms with Gasteiger partial charge < -0.3 is 26.0 Å². The van der Waals surface area contributed by atoms with Crippen LogP contribution in [0.1, 0.15) is 33.6 Å². The molecule has 8 nitrogen and oxygen atoms in total. The smallest absolute Gasteiger partial charge is 0.410 e. The maximum Gasteiger partial charge on any atom is 0.410 e. The number of likely N-dealkylation sites (tertiary alicyclic amines) is 1. The van der Waals surface area contributed by atoms with Crippen molar-refractivity contribution in [1.82, 2.24) is 10.2 Å². The third-order valence-electron chi connectivity index (χ3n) is 4.23. The van der Waals surface area contributed by atoms with Crippen molar-refractivity contribution in [3.63, 3.8) is 0 Å². The lowest BCUT2D eigenvalue weighted by molar-refractivity contribution is -0.112. The zero-order chi connectivity index (χ0) is 21.6. The van der Waals surface area contributed by atoms with Gasteiger partial charge in [0.15, 0.2) is 0 Å². The Morgan fingerprint density at radius 1 is 1.34 bits per heavy atom. The van der Waals surface area contributed by atoms with E-state index in [0.29, 0.717) is 42.3 Å². The van der Waals surface area contributed by atoms with Crippen molar-refractivity contribution in [3.8, 4) is 6.07 Å². The fourth-order valence-electron chi connectivity index (χ4n) is 2.71. The number of nitrogen functional groups attached to an aromatic ring is 1. The SMILES string of the molecule is CC(C)(C)OC(=O)N1CCC(N/C=C(/C#N)C(=O)Nc2ccc(N)c(Cl)c2)CC1. The van der Waals surface area contributed by atoms with Crippen molar-refractivity contribution in [2.45, 2.75) is 45.3 Å². The Hall–Kier alpha value is -2.92. The van der Waals surface area contributed by atoms with Crippen LogP contribution in [0.4, 0.5) is 16.2 Å². The van der Waals surface area contributed by atoms with Crippen LogP contribution in [-0.4, -0.2) is 41.6 Å². The van der Waals surface area contributed by atoms with Gasteiger partial charge >= 0.3 is 6.09 Å². The number of carbonyl (C=O) groups excluding carboxylic acids is 2. The van der Waals surface area contributed by atoms with Crippen LogP contribution in [0.5, 0.6) is 0 Å². The second-order valence-electron chi connectivity index (χ2n) is 7.77. The standard InChI is InChI=1S/C20H26ClN5O3/c1-20(2,3)29-19(28)26-8-6-14(7-9-26)24-12-13(11-22)18(27)25-15-4-5-17(23)16(21)10-15/h4-5,10,12,14,24H,6-9,23H2,1-3H3,(H,25,27)/b13-12-. The first-order valence-corrected chi connectivity index (χ1v) is 9.67. The Kier molecular flexibility index (Phi) is 7.35. The summed E-state index contributed by atoms with van der Waals surface area (Å²) < 4.78 is 5.37. The molecule has 1 fully saturated rings. The van der Waals surface area contributed by atoms with Gasteiger partial charge in [-0.05, 0) is 51.8 Å². The normalized spacial score (nSPS) is 15.4. The highest BCUT2D eigenvalue weighted by molar-refractivity contribution is 6.33. The first-order valence-electron chi connectivity index (χ1n) is 9.29. The summed E-state index contributed by atoms with van der Waals surface area (Å²) >= 11 is 5.94. The van der Waals surface area contributed by atoms with Gasteiger partial charge in [-0.2, -0.15) is 5.26 Å². The number of nitrogens with zero attached hydrogens (tertiary/aromatic N) is 2. The van der Waals surface area contributed by atoms with E-state index in [0.717, 1.165) is 0 Å². The first-order chi connectivity index (χ1) is 13.6. The molecular formula is C20H26ClN5O3. The average Bonchev–Trinajstić information content (AvgIpc) is 2.64. The van der Waals surface area contributed by atoms with Gasteiger partial charge in [0.05, 0.1) is 10.7 Å². The van der Waals surface area contributed by atoms with Crippen LogP contribution in [0.15, 0.2) is 30.0 Å². The molecule has 29 heavy (non-hydrogen) atoms. The van der Waals surface area contributed by atoms with E-state index in [4.69, 9.17) is 22.1 Å². The van der Waals surface area contributed by atoms with Gasteiger partial charge in [-0.3, -0.25) is 4.79 Å². The zero-order valence-corrected chi connectivity index (χ0v) is 17.5. The lowest BCUT2D eigenvalue weighted by atomic mass is 10.1. The molecule has 0 bridgehead atoms. The van der Waals surface area contributed by atoms with E-state index in [-0.39, 0.29) is 17.7 Å². The highest BCUT2D eigenvalue weighted by atomic mass is 35.5. The molecule has 2 rings (SSSR count). The molecule has 1 saturated heterocycles. The lowest BCUT2D eigenvalue weighted by Gasteiger charge is -2.33. The molecule has 0 radical (unpaired) electrons. The molecule has 0 unspecified atom stereocenters. The first kappa shape index (κ1) is 22.4. The summed E-state index contributed by atoms with van der Waals surface area (Å²) in [5.74, 6) is -0.549. The van der Waals surface area contributed by atoms with Crippen LogP contribution in [0.2, 0.25) is 5.02 Å². The molecular weight excluding hydrogens is 394 g/mol. The van der Waals surface area contributed by atoms with Gasteiger partial charge in [-0.15, -0.1) is 0 Å². The summed E-state index contributed by atoms with van der Waals surface area (Å²) in [5.41, 5.74) is 5.90. The molecule has 0 atom stereocenters. The number of benzene rings is 1. The summed E-state index contributed by atoms with van der Waals surface area (Å²) in [6.45, 7) is 6.57. The second kappa shape index (κ2) is 9.52. The molecule has 0 saturated carbocycles. The number of nitrogens with one attached hydrogen (secondary N) is 2. The number of halogens is 1. The van der Waals surface area contributed by atoms with Crippen LogP contribution in [0.25, 0.3) is 0 Å². The topological polar surface area (TPSA) is 120 Å². The van der Waals surface area contributed by atoms with E-state index < -0.39 is 11.5 Å². The zero-order valence-electron chi connectivity index (χ0n) is 16.8. The molecule has 1 aliphatic rings. The number of anilines is 2. The Bertz CT molecular complexity index is 833. The summed E-state index contributed by atoms with van der Waals surface area (Å²) in [6, 6.07) is 6.63. The van der Waals surface area contributed by atoms with E-state index >= 15 is 0 Å². The van der Waals surface area contributed by atoms with E-state index in [1.807, 2.05) is 26.8 Å². The molecule has 1 aromatic rings. The maximum atomic E-state index is 12.3. The van der Waals surface area contributed by atoms with Gasteiger partial charge in [0.2, 0.25) is 0 Å². The predicted molar refractivity (Wildman–Crippen MR) is 112 cm³/mol. The number of carbonyl (C=O) groups is 2. The maximum absolute atomic E-state index is 12.3. The number of hydrogen-bond acceptors (Lipinski definition) is 6. The Morgan fingerprint density at radius 2 is 2.00 bits per heavy atom. The third-order valence-corrected chi connectivity index (χ3v) is 4.56. The van der Waals surface area contributed by atoms with Gasteiger partial charge in [-0.1, -0.05) is 11.6 Å². The molecule has 2 amide bonds. The van der Waals surface area contributed by atoms with E-state index in [9.17, 15) is 14.9 Å². The number of rotatable bonds is 4. The van der Waals surface area contributed by atoms with Gasteiger partial charge in [0.1, 0.15) is 17.2 Å². The molecule has 156 valence electrons. The van der Waals surface area contributed by atoms with Gasteiger partial charge in [0.25, 0.3) is 5.91 Å². The quantitative estimate of drug-likeness (QED) is 0.391. The summed E-state index contributed by atoms with van der Waals surface area (Å²) in [5, 5.41) is 15.3. The average molecular weight is 420 g/mol. The molecule has 0 aromatic heterocycles. The molecule has 1 aromatic carbocycles. The van der Waals surface area contributed by atoms with Crippen molar-refractivity contribution in [3.05, 3.63) is 35.0 Å². The molecule has 1 heterocycles. The number of hydrogen-bond donors (Lipinski definition) is 3. The van der Waals surface area contributed by atoms with Crippen LogP contribution in [-0.2, 0) is 9.53 Å². The predicted octanol–water partition coefficient (Wildman–Crippen LogP) is 3.26. The molecule has 1 aliphatic heterocycles. The number of ether oxygens (including phenoxy) is 1. The van der Waals surface area contributed by atoms with Crippen LogP contribution in [0.3, 0.4) is 0 Å². The fraction of sp³-hybridized carbons (Fsp3) is 0.450. The summed E-state index contributed by atoms with van der Waals surface area (Å²) in [4.78, 5) is 26.1. The summed E-state index contributed by atoms with van der Waals surface area (Å²) in [7, 11) is 0. The second-order valence-corrected chi connectivity index (χ2v) is 8.18. The highest BCUT2D eigenvalue weighted by Gasteiger charge is 2.26. The highest BCUT2D eigenvalue weighted by Crippen LogP contribution is 2.23. The van der Waals surface area contributed by atoms with Gasteiger partial charge in [-0.25, -0.2) is 4.79 Å². The molecule has 4 N–H and O–H groups in total. The number of nitrogens with two attached hydrogens (primary N) is 1. The largest absolute Gasteiger partial charge is 0.444 e. The minimum absolute atomic E-state index is 0.0517. The van der Waals surface area contributed by atoms with Crippen LogP contribution < -0.4 is 16.4 Å². The number of amides is 2. The van der Waals surface area contributed by atoms with Crippen LogP contribution in [0, 0.1) is 11.3 Å². The van der Waals surface area contributed by atoms with Crippen molar-refractivity contribution in [1.29, 1.82) is 5.26 Å². The number of piperidine rings is 1. The van der Waals surface area contributed by atoms with Crippen molar-refractivity contribution >= 4 is 35.0 Å². The Labute approximate surface area is 175 Å². The Balaban J connectivity index is 1.88. The molecule has 0 aliphatic carbocycles. The third kappa shape index (κ3) is 6.88. The lowest BCUT2D eigenvalue weighted by Crippen LogP contribution is -2.45. The molecule has 9 heteroatoms. The minimum atomic E-state index is -0.549. The number of nitriles is 1. The van der Waals surface area contributed by atoms with E-state index in [2.05, 4.69) is 10.6 Å². The fourth-order valence-corrected chi connectivity index (χ4v) is 2.89. The minimum Gasteiger partial charge on any atom is -0.444 e. The van der Waals surface area contributed by atoms with Crippen molar-refractivity contribution < 1.29 is 14.3 Å². The summed E-state index contributed by atoms with van der Waals surface area (Å²) in [6.07, 6.45) is 2.45. The van der Waals surface area contributed by atoms with E-state index in [1.54, 1.807) is 17.0 Å². The monoisotopic (exact) mass is 419 g/mol. The van der Waals surface area contributed by atoms with Crippen molar-refractivity contribution in [2.24, 2.45) is 0 Å².